The highest BCUT2D eigenvalue weighted by molar-refractivity contribution is 6.02. The molecule has 4 rings (SSSR count). The minimum atomic E-state index is -0.463. The molecule has 0 aliphatic carbocycles. The summed E-state index contributed by atoms with van der Waals surface area (Å²) in [6, 6.07) is 9.41. The van der Waals surface area contributed by atoms with Crippen LogP contribution in [0.3, 0.4) is 0 Å². The maximum atomic E-state index is 14.9. The lowest BCUT2D eigenvalue weighted by Crippen LogP contribution is -2.61. The van der Waals surface area contributed by atoms with Gasteiger partial charge < -0.3 is 15.4 Å². The average molecular weight is 441 g/mol. The van der Waals surface area contributed by atoms with E-state index in [2.05, 4.69) is 54.9 Å². The van der Waals surface area contributed by atoms with Gasteiger partial charge in [0, 0.05) is 34.8 Å². The third-order valence-corrected chi connectivity index (χ3v) is 6.75. The van der Waals surface area contributed by atoms with Crippen LogP contribution < -0.4 is 5.32 Å². The zero-order valence-electron chi connectivity index (χ0n) is 19.1. The van der Waals surface area contributed by atoms with Gasteiger partial charge in [-0.2, -0.15) is 0 Å². The molecular formula is C25H30F2N4O. The van der Waals surface area contributed by atoms with Crippen LogP contribution in [0.4, 0.5) is 20.2 Å². The summed E-state index contributed by atoms with van der Waals surface area (Å²) < 4.78 is 29.1. The molecule has 0 spiro atoms. The fourth-order valence-corrected chi connectivity index (χ4v) is 4.87. The highest BCUT2D eigenvalue weighted by atomic mass is 19.1. The SMILES string of the molecule is CN1C(C)(C)CC(Nc2ccc(N=Cc3c(O)[nH]c4cccc(F)c34)cc2F)CC1(C)C. The number of nitrogens with zero attached hydrogens (tertiary/aromatic N) is 2. The molecule has 2 aromatic carbocycles. The molecule has 170 valence electrons. The van der Waals surface area contributed by atoms with Crippen molar-refractivity contribution >= 4 is 28.5 Å². The Kier molecular flexibility index (Phi) is 5.49. The number of nitrogens with one attached hydrogen (secondary N) is 2. The third kappa shape index (κ3) is 4.09. The number of likely N-dealkylation sites (tertiary alicyclic amines) is 1. The van der Waals surface area contributed by atoms with E-state index in [0.717, 1.165) is 12.8 Å². The number of aromatic hydroxyl groups is 1. The minimum Gasteiger partial charge on any atom is -0.494 e. The van der Waals surface area contributed by atoms with E-state index in [9.17, 15) is 13.9 Å². The maximum Gasteiger partial charge on any atom is 0.198 e. The van der Waals surface area contributed by atoms with E-state index >= 15 is 0 Å². The summed E-state index contributed by atoms with van der Waals surface area (Å²) in [6.45, 7) is 8.83. The fraction of sp³-hybridized carbons (Fsp3) is 0.400. The first-order chi connectivity index (χ1) is 15.0. The van der Waals surface area contributed by atoms with Gasteiger partial charge in [-0.05, 0) is 71.8 Å². The van der Waals surface area contributed by atoms with Crippen molar-refractivity contribution in [3.63, 3.8) is 0 Å². The Morgan fingerprint density at radius 2 is 1.78 bits per heavy atom. The van der Waals surface area contributed by atoms with Gasteiger partial charge in [0.2, 0.25) is 0 Å². The molecule has 1 saturated heterocycles. The quantitative estimate of drug-likeness (QED) is 0.438. The molecule has 0 atom stereocenters. The highest BCUT2D eigenvalue weighted by Crippen LogP contribution is 2.38. The van der Waals surface area contributed by atoms with Gasteiger partial charge in [-0.1, -0.05) is 6.07 Å². The molecule has 0 unspecified atom stereocenters. The van der Waals surface area contributed by atoms with Gasteiger partial charge in [0.1, 0.15) is 11.6 Å². The number of hydrogen-bond acceptors (Lipinski definition) is 4. The predicted molar refractivity (Wildman–Crippen MR) is 126 cm³/mol. The van der Waals surface area contributed by atoms with Gasteiger partial charge in [0.05, 0.1) is 22.5 Å². The van der Waals surface area contributed by atoms with Crippen LogP contribution in [0, 0.1) is 11.6 Å². The topological polar surface area (TPSA) is 63.6 Å². The number of benzene rings is 2. The summed E-state index contributed by atoms with van der Waals surface area (Å²) >= 11 is 0. The minimum absolute atomic E-state index is 0.00324. The standard InChI is InChI=1S/C25H30F2N4O/c1-24(2)12-16(13-25(3,4)31(24)5)29-20-10-9-15(11-19(20)27)28-14-17-22-18(26)7-6-8-21(22)30-23(17)32/h6-11,14,16,29-30,32H,12-13H2,1-5H3. The van der Waals surface area contributed by atoms with Crippen molar-refractivity contribution in [1.29, 1.82) is 0 Å². The second-order valence-electron chi connectivity index (χ2n) is 9.91. The first-order valence-electron chi connectivity index (χ1n) is 10.8. The van der Waals surface area contributed by atoms with Crippen molar-refractivity contribution in [2.75, 3.05) is 12.4 Å². The molecule has 7 heteroatoms. The van der Waals surface area contributed by atoms with Crippen molar-refractivity contribution in [3.8, 4) is 5.88 Å². The summed E-state index contributed by atoms with van der Waals surface area (Å²) in [6.07, 6.45) is 3.15. The zero-order valence-corrected chi connectivity index (χ0v) is 19.1. The van der Waals surface area contributed by atoms with E-state index in [1.807, 2.05) is 0 Å². The number of rotatable bonds is 4. The normalized spacial score (nSPS) is 19.1. The third-order valence-electron chi connectivity index (χ3n) is 6.75. The molecule has 3 aromatic rings. The van der Waals surface area contributed by atoms with Crippen LogP contribution in [0.5, 0.6) is 5.88 Å². The summed E-state index contributed by atoms with van der Waals surface area (Å²) in [5.74, 6) is -1.04. The van der Waals surface area contributed by atoms with E-state index in [4.69, 9.17) is 0 Å². The van der Waals surface area contributed by atoms with Gasteiger partial charge in [0.25, 0.3) is 0 Å². The fourth-order valence-electron chi connectivity index (χ4n) is 4.87. The number of aromatic nitrogens is 1. The van der Waals surface area contributed by atoms with Crippen molar-refractivity contribution in [3.05, 3.63) is 53.6 Å². The lowest BCUT2D eigenvalue weighted by Gasteiger charge is -2.53. The molecule has 0 radical (unpaired) electrons. The highest BCUT2D eigenvalue weighted by Gasteiger charge is 2.43. The van der Waals surface area contributed by atoms with E-state index < -0.39 is 11.6 Å². The van der Waals surface area contributed by atoms with Crippen molar-refractivity contribution in [2.45, 2.75) is 57.7 Å². The molecule has 1 aliphatic rings. The van der Waals surface area contributed by atoms with Gasteiger partial charge in [-0.15, -0.1) is 0 Å². The molecule has 0 bridgehead atoms. The van der Waals surface area contributed by atoms with Crippen LogP contribution in [0.2, 0.25) is 0 Å². The van der Waals surface area contributed by atoms with Gasteiger partial charge >= 0.3 is 0 Å². The Morgan fingerprint density at radius 1 is 1.09 bits per heavy atom. The Morgan fingerprint density at radius 3 is 2.44 bits per heavy atom. The maximum absolute atomic E-state index is 14.9. The zero-order chi connectivity index (χ0) is 23.3. The molecule has 1 aromatic heterocycles. The number of fused-ring (bicyclic) bond motifs is 1. The summed E-state index contributed by atoms with van der Waals surface area (Å²) in [5, 5.41) is 13.7. The molecule has 0 amide bonds. The average Bonchev–Trinajstić information content (AvgIpc) is 3.02. The molecule has 1 aliphatic heterocycles. The lowest BCUT2D eigenvalue weighted by molar-refractivity contribution is -0.00772. The van der Waals surface area contributed by atoms with Crippen molar-refractivity contribution in [2.24, 2.45) is 4.99 Å². The molecule has 1 fully saturated rings. The van der Waals surface area contributed by atoms with Gasteiger partial charge in [-0.3, -0.25) is 9.89 Å². The summed E-state index contributed by atoms with van der Waals surface area (Å²) in [4.78, 5) is 9.37. The molecule has 2 heterocycles. The molecule has 3 N–H and O–H groups in total. The molecule has 0 saturated carbocycles. The van der Waals surface area contributed by atoms with E-state index in [0.29, 0.717) is 16.9 Å². The Hall–Kier alpha value is -2.93. The van der Waals surface area contributed by atoms with Crippen LogP contribution in [0.15, 0.2) is 41.4 Å². The largest absolute Gasteiger partial charge is 0.494 e. The van der Waals surface area contributed by atoms with E-state index in [1.165, 1.54) is 18.3 Å². The summed E-state index contributed by atoms with van der Waals surface area (Å²) in [7, 11) is 2.14. The van der Waals surface area contributed by atoms with Crippen LogP contribution in [-0.4, -0.2) is 45.4 Å². The van der Waals surface area contributed by atoms with Crippen molar-refractivity contribution in [1.82, 2.24) is 9.88 Å². The van der Waals surface area contributed by atoms with Crippen LogP contribution in [0.1, 0.15) is 46.1 Å². The number of aromatic amines is 1. The first-order valence-corrected chi connectivity index (χ1v) is 10.8. The number of hydrogen-bond donors (Lipinski definition) is 3. The Balaban J connectivity index is 1.54. The predicted octanol–water partition coefficient (Wildman–Crippen LogP) is 5.97. The number of halogens is 2. The number of aliphatic imine (C=N–C) groups is 1. The number of anilines is 1. The first kappa shape index (κ1) is 22.3. The van der Waals surface area contributed by atoms with Crippen molar-refractivity contribution < 1.29 is 13.9 Å². The van der Waals surface area contributed by atoms with Crippen LogP contribution in [-0.2, 0) is 0 Å². The van der Waals surface area contributed by atoms with Gasteiger partial charge in [0.15, 0.2) is 5.88 Å². The molecular weight excluding hydrogens is 410 g/mol. The smallest absolute Gasteiger partial charge is 0.198 e. The second-order valence-corrected chi connectivity index (χ2v) is 9.91. The monoisotopic (exact) mass is 440 g/mol. The van der Waals surface area contributed by atoms with Crippen LogP contribution in [0.25, 0.3) is 10.9 Å². The Bertz CT molecular complexity index is 1160. The van der Waals surface area contributed by atoms with Gasteiger partial charge in [-0.25, -0.2) is 8.78 Å². The molecule has 5 nitrogen and oxygen atoms in total. The summed E-state index contributed by atoms with van der Waals surface area (Å²) in [5.41, 5.74) is 1.51. The van der Waals surface area contributed by atoms with E-state index in [-0.39, 0.29) is 33.9 Å². The molecule has 32 heavy (non-hydrogen) atoms. The number of H-pyrrole nitrogens is 1. The van der Waals surface area contributed by atoms with E-state index in [1.54, 1.807) is 24.3 Å². The second kappa shape index (κ2) is 7.89. The van der Waals surface area contributed by atoms with Crippen LogP contribution >= 0.6 is 0 Å². The Labute approximate surface area is 187 Å². The lowest BCUT2D eigenvalue weighted by atomic mass is 9.77. The number of piperidine rings is 1.